The number of aliphatic hydroxyl groups excluding tert-OH is 1. The number of H-pyrrole nitrogens is 1. The molecule has 2 atom stereocenters. The fraction of sp³-hybridized carbons (Fsp3) is 0.700. The molecule has 3 N–H and O–H groups in total. The Hall–Kier alpha value is -0.920. The number of aliphatic hydroxyl groups is 1. The zero-order chi connectivity index (χ0) is 12.5. The highest BCUT2D eigenvalue weighted by atomic mass is 32.2. The summed E-state index contributed by atoms with van der Waals surface area (Å²) >= 11 is 0. The van der Waals surface area contributed by atoms with Crippen LogP contribution in [0.2, 0.25) is 0 Å². The lowest BCUT2D eigenvalue weighted by atomic mass is 10.1. The third-order valence-corrected chi connectivity index (χ3v) is 4.88. The lowest BCUT2D eigenvalue weighted by Crippen LogP contribution is -2.38. The zero-order valence-corrected chi connectivity index (χ0v) is 10.5. The Morgan fingerprint density at radius 3 is 2.94 bits per heavy atom. The molecule has 1 fully saturated rings. The van der Waals surface area contributed by atoms with Crippen LogP contribution in [-0.4, -0.2) is 36.4 Å². The van der Waals surface area contributed by atoms with Gasteiger partial charge in [0.05, 0.1) is 11.9 Å². The fourth-order valence-corrected chi connectivity index (χ4v) is 3.76. The third kappa shape index (κ3) is 2.51. The lowest BCUT2D eigenvalue weighted by Gasteiger charge is -2.18. The Morgan fingerprint density at radius 2 is 2.35 bits per heavy atom. The summed E-state index contributed by atoms with van der Waals surface area (Å²) in [5, 5.41) is 15.5. The van der Waals surface area contributed by atoms with Crippen molar-refractivity contribution in [3.63, 3.8) is 0 Å². The number of rotatable bonds is 4. The number of aryl methyl sites for hydroxylation is 1. The van der Waals surface area contributed by atoms with E-state index in [0.717, 1.165) is 19.3 Å². The van der Waals surface area contributed by atoms with Crippen molar-refractivity contribution in [2.45, 2.75) is 37.1 Å². The number of aromatic amines is 1. The average Bonchev–Trinajstić information content (AvgIpc) is 2.86. The van der Waals surface area contributed by atoms with Gasteiger partial charge in [-0.1, -0.05) is 6.42 Å². The van der Waals surface area contributed by atoms with Gasteiger partial charge >= 0.3 is 0 Å². The van der Waals surface area contributed by atoms with Gasteiger partial charge in [0.25, 0.3) is 0 Å². The van der Waals surface area contributed by atoms with Gasteiger partial charge in [0, 0.05) is 12.6 Å². The summed E-state index contributed by atoms with van der Waals surface area (Å²) in [7, 11) is -3.53. The molecule has 1 heterocycles. The fourth-order valence-electron chi connectivity index (χ4n) is 2.28. The van der Waals surface area contributed by atoms with E-state index in [9.17, 15) is 8.42 Å². The van der Waals surface area contributed by atoms with Crippen molar-refractivity contribution in [1.29, 1.82) is 0 Å². The monoisotopic (exact) mass is 259 g/mol. The van der Waals surface area contributed by atoms with Crippen LogP contribution in [0.25, 0.3) is 0 Å². The Labute approximate surface area is 100 Å². The second-order valence-electron chi connectivity index (χ2n) is 4.46. The van der Waals surface area contributed by atoms with Gasteiger partial charge in [0.1, 0.15) is 4.90 Å². The van der Waals surface area contributed by atoms with E-state index in [1.807, 2.05) is 0 Å². The largest absolute Gasteiger partial charge is 0.396 e. The topological polar surface area (TPSA) is 95.1 Å². The van der Waals surface area contributed by atoms with E-state index >= 15 is 0 Å². The molecule has 1 aliphatic carbocycles. The molecule has 7 heteroatoms. The molecule has 6 nitrogen and oxygen atoms in total. The summed E-state index contributed by atoms with van der Waals surface area (Å²) in [6, 6.07) is -0.167. The van der Waals surface area contributed by atoms with Crippen molar-refractivity contribution in [3.05, 3.63) is 11.9 Å². The number of nitrogens with one attached hydrogen (secondary N) is 2. The highest BCUT2D eigenvalue weighted by molar-refractivity contribution is 7.89. The minimum absolute atomic E-state index is 0.0250. The molecule has 1 aromatic rings. The maximum Gasteiger partial charge on any atom is 0.244 e. The Bertz CT molecular complexity index is 483. The molecule has 0 amide bonds. The molecule has 0 aromatic carbocycles. The number of aromatic nitrogens is 2. The van der Waals surface area contributed by atoms with Crippen molar-refractivity contribution in [2.75, 3.05) is 6.61 Å². The molecule has 2 unspecified atom stereocenters. The third-order valence-electron chi connectivity index (χ3n) is 3.27. The van der Waals surface area contributed by atoms with Crippen LogP contribution in [0.1, 0.15) is 25.0 Å². The van der Waals surface area contributed by atoms with Crippen LogP contribution < -0.4 is 4.72 Å². The molecule has 17 heavy (non-hydrogen) atoms. The lowest BCUT2D eigenvalue weighted by molar-refractivity contribution is 0.213. The van der Waals surface area contributed by atoms with E-state index in [2.05, 4.69) is 14.9 Å². The summed E-state index contributed by atoms with van der Waals surface area (Å²) in [6.07, 6.45) is 3.90. The molecule has 2 rings (SSSR count). The van der Waals surface area contributed by atoms with Crippen molar-refractivity contribution in [3.8, 4) is 0 Å². The first-order valence-corrected chi connectivity index (χ1v) is 7.16. The van der Waals surface area contributed by atoms with Crippen LogP contribution in [0.5, 0.6) is 0 Å². The van der Waals surface area contributed by atoms with Crippen molar-refractivity contribution in [2.24, 2.45) is 5.92 Å². The first-order valence-electron chi connectivity index (χ1n) is 5.68. The van der Waals surface area contributed by atoms with Crippen LogP contribution >= 0.6 is 0 Å². The maximum atomic E-state index is 12.1. The summed E-state index contributed by atoms with van der Waals surface area (Å²) < 4.78 is 26.8. The Morgan fingerprint density at radius 1 is 1.59 bits per heavy atom. The number of sulfonamides is 1. The van der Waals surface area contributed by atoms with Crippen molar-refractivity contribution >= 4 is 10.0 Å². The first kappa shape index (κ1) is 12.5. The zero-order valence-electron chi connectivity index (χ0n) is 9.68. The highest BCUT2D eigenvalue weighted by Crippen LogP contribution is 2.26. The smallest absolute Gasteiger partial charge is 0.244 e. The quantitative estimate of drug-likeness (QED) is 0.717. The van der Waals surface area contributed by atoms with Crippen molar-refractivity contribution in [1.82, 2.24) is 14.9 Å². The van der Waals surface area contributed by atoms with E-state index in [1.165, 1.54) is 6.20 Å². The normalized spacial score (nSPS) is 25.3. The van der Waals surface area contributed by atoms with Gasteiger partial charge in [-0.3, -0.25) is 5.10 Å². The van der Waals surface area contributed by atoms with E-state index in [-0.39, 0.29) is 23.5 Å². The molecule has 1 aliphatic rings. The second-order valence-corrected chi connectivity index (χ2v) is 6.14. The minimum Gasteiger partial charge on any atom is -0.396 e. The number of hydrogen-bond acceptors (Lipinski definition) is 4. The first-order chi connectivity index (χ1) is 8.04. The molecule has 0 bridgehead atoms. The van der Waals surface area contributed by atoms with Crippen LogP contribution in [0, 0.1) is 12.8 Å². The van der Waals surface area contributed by atoms with E-state index in [0.29, 0.717) is 5.69 Å². The van der Waals surface area contributed by atoms with Gasteiger partial charge in [-0.05, 0) is 25.7 Å². The predicted molar refractivity (Wildman–Crippen MR) is 61.9 cm³/mol. The predicted octanol–water partition coefficient (Wildman–Crippen LogP) is 0.157. The van der Waals surface area contributed by atoms with Gasteiger partial charge in [0.15, 0.2) is 0 Å². The van der Waals surface area contributed by atoms with E-state index in [4.69, 9.17) is 5.11 Å². The summed E-state index contributed by atoms with van der Waals surface area (Å²) in [5.41, 5.74) is 0.524. The molecule has 96 valence electrons. The highest BCUT2D eigenvalue weighted by Gasteiger charge is 2.31. The van der Waals surface area contributed by atoms with Gasteiger partial charge < -0.3 is 5.11 Å². The molecule has 0 radical (unpaired) electrons. The molecule has 1 aromatic heterocycles. The van der Waals surface area contributed by atoms with E-state index in [1.54, 1.807) is 6.92 Å². The molecule has 1 saturated carbocycles. The van der Waals surface area contributed by atoms with Gasteiger partial charge in [-0.2, -0.15) is 5.10 Å². The average molecular weight is 259 g/mol. The second kappa shape index (κ2) is 4.75. The van der Waals surface area contributed by atoms with Gasteiger partial charge in [-0.25, -0.2) is 13.1 Å². The number of nitrogens with zero attached hydrogens (tertiary/aromatic N) is 1. The maximum absolute atomic E-state index is 12.1. The minimum atomic E-state index is -3.53. The number of hydrogen-bond donors (Lipinski definition) is 3. The van der Waals surface area contributed by atoms with Crippen LogP contribution in [0.3, 0.4) is 0 Å². The Kier molecular flexibility index (Phi) is 3.50. The molecule has 0 saturated heterocycles. The van der Waals surface area contributed by atoms with Crippen LogP contribution in [0.4, 0.5) is 0 Å². The summed E-state index contributed by atoms with van der Waals surface area (Å²) in [4.78, 5) is 0.182. The Balaban J connectivity index is 2.16. The van der Waals surface area contributed by atoms with E-state index < -0.39 is 10.0 Å². The standard InChI is InChI=1S/C10H17N3O3S/c1-7-10(5-11-12-7)17(15,16)13-9-4-2-3-8(9)6-14/h5,8-9,13-14H,2-4,6H2,1H3,(H,11,12). The summed E-state index contributed by atoms with van der Waals surface area (Å²) in [5.74, 6) is 0.0250. The molecular formula is C10H17N3O3S. The molecule has 0 spiro atoms. The van der Waals surface area contributed by atoms with Crippen LogP contribution in [-0.2, 0) is 10.0 Å². The van der Waals surface area contributed by atoms with Gasteiger partial charge in [0.2, 0.25) is 10.0 Å². The molecule has 0 aliphatic heterocycles. The molecular weight excluding hydrogens is 242 g/mol. The van der Waals surface area contributed by atoms with Crippen LogP contribution in [0.15, 0.2) is 11.1 Å². The van der Waals surface area contributed by atoms with Crippen molar-refractivity contribution < 1.29 is 13.5 Å². The van der Waals surface area contributed by atoms with Gasteiger partial charge in [-0.15, -0.1) is 0 Å². The SMILES string of the molecule is Cc1[nH]ncc1S(=O)(=O)NC1CCCC1CO. The summed E-state index contributed by atoms with van der Waals surface area (Å²) in [6.45, 7) is 1.69.